The van der Waals surface area contributed by atoms with E-state index in [4.69, 9.17) is 4.74 Å². The summed E-state index contributed by atoms with van der Waals surface area (Å²) in [6.45, 7) is 3.55. The molecule has 0 aliphatic heterocycles. The van der Waals surface area contributed by atoms with Crippen molar-refractivity contribution in [2.75, 3.05) is 31.8 Å². The van der Waals surface area contributed by atoms with Crippen LogP contribution in [0.15, 0.2) is 42.5 Å². The highest BCUT2D eigenvalue weighted by atomic mass is 19.1. The molecule has 0 saturated heterocycles. The summed E-state index contributed by atoms with van der Waals surface area (Å²) in [5.74, 6) is -0.776. The van der Waals surface area contributed by atoms with Crippen LogP contribution in [0.25, 0.3) is 0 Å². The van der Waals surface area contributed by atoms with Crippen molar-refractivity contribution in [3.05, 3.63) is 53.8 Å². The Morgan fingerprint density at radius 2 is 1.64 bits per heavy atom. The molecule has 0 aliphatic rings. The number of nitrogens with zero attached hydrogens (tertiary/aromatic N) is 1. The zero-order valence-electron chi connectivity index (χ0n) is 16.7. The second-order valence-electron chi connectivity index (χ2n) is 6.93. The van der Waals surface area contributed by atoms with Gasteiger partial charge in [0, 0.05) is 17.5 Å². The normalized spacial score (nSPS) is 12.0. The van der Waals surface area contributed by atoms with Gasteiger partial charge in [-0.1, -0.05) is 32.0 Å². The Bertz CT molecular complexity index is 853. The molecule has 0 heterocycles. The Morgan fingerprint density at radius 3 is 2.21 bits per heavy atom. The SMILES string of the molecule is COc1ccc(NC(=O)C(C)C)c(NC(=O)C(c2ccccc2F)N(C)C)c1. The van der Waals surface area contributed by atoms with Crippen LogP contribution in [0.2, 0.25) is 0 Å². The van der Waals surface area contributed by atoms with E-state index in [1.54, 1.807) is 69.2 Å². The first-order valence-corrected chi connectivity index (χ1v) is 8.95. The van der Waals surface area contributed by atoms with Gasteiger partial charge in [-0.25, -0.2) is 4.39 Å². The van der Waals surface area contributed by atoms with E-state index < -0.39 is 17.8 Å². The number of hydrogen-bond donors (Lipinski definition) is 2. The molecule has 2 amide bonds. The second kappa shape index (κ2) is 9.32. The van der Waals surface area contributed by atoms with Gasteiger partial charge in [0.25, 0.3) is 0 Å². The lowest BCUT2D eigenvalue weighted by molar-refractivity contribution is -0.121. The van der Waals surface area contributed by atoms with Crippen LogP contribution < -0.4 is 15.4 Å². The molecule has 1 atom stereocenters. The largest absolute Gasteiger partial charge is 0.497 e. The van der Waals surface area contributed by atoms with Crippen LogP contribution in [0, 0.1) is 11.7 Å². The quantitative estimate of drug-likeness (QED) is 0.761. The van der Waals surface area contributed by atoms with Crippen LogP contribution in [-0.4, -0.2) is 37.9 Å². The smallest absolute Gasteiger partial charge is 0.246 e. The van der Waals surface area contributed by atoms with Gasteiger partial charge in [0.2, 0.25) is 11.8 Å². The van der Waals surface area contributed by atoms with E-state index in [2.05, 4.69) is 10.6 Å². The molecule has 2 aromatic carbocycles. The van der Waals surface area contributed by atoms with Crippen molar-refractivity contribution >= 4 is 23.2 Å². The van der Waals surface area contributed by atoms with Crippen molar-refractivity contribution in [1.82, 2.24) is 4.90 Å². The fraction of sp³-hybridized carbons (Fsp3) is 0.333. The van der Waals surface area contributed by atoms with Crippen molar-refractivity contribution < 1.29 is 18.7 Å². The Kier molecular flexibility index (Phi) is 7.12. The molecule has 0 saturated carbocycles. The van der Waals surface area contributed by atoms with Gasteiger partial charge >= 0.3 is 0 Å². The zero-order valence-corrected chi connectivity index (χ0v) is 16.7. The summed E-state index contributed by atoms with van der Waals surface area (Å²) < 4.78 is 19.5. The highest BCUT2D eigenvalue weighted by molar-refractivity contribution is 6.02. The third-order valence-corrected chi connectivity index (χ3v) is 4.23. The van der Waals surface area contributed by atoms with E-state index in [0.29, 0.717) is 17.1 Å². The third kappa shape index (κ3) is 5.07. The number of rotatable bonds is 7. The third-order valence-electron chi connectivity index (χ3n) is 4.23. The minimum absolute atomic E-state index is 0.182. The van der Waals surface area contributed by atoms with E-state index in [9.17, 15) is 14.0 Å². The Balaban J connectivity index is 2.37. The number of amides is 2. The summed E-state index contributed by atoms with van der Waals surface area (Å²) in [5, 5.41) is 5.58. The fourth-order valence-electron chi connectivity index (χ4n) is 2.69. The number of hydrogen-bond acceptors (Lipinski definition) is 4. The lowest BCUT2D eigenvalue weighted by atomic mass is 10.0. The molecule has 28 heavy (non-hydrogen) atoms. The Morgan fingerprint density at radius 1 is 1.00 bits per heavy atom. The summed E-state index contributed by atoms with van der Waals surface area (Å²) in [5.41, 5.74) is 1.08. The molecule has 2 aromatic rings. The summed E-state index contributed by atoms with van der Waals surface area (Å²) in [6, 6.07) is 10.3. The minimum atomic E-state index is -0.846. The highest BCUT2D eigenvalue weighted by Gasteiger charge is 2.26. The van der Waals surface area contributed by atoms with Crippen molar-refractivity contribution in [3.8, 4) is 5.75 Å². The van der Waals surface area contributed by atoms with Crippen molar-refractivity contribution in [1.29, 1.82) is 0 Å². The van der Waals surface area contributed by atoms with Crippen LogP contribution in [0.3, 0.4) is 0 Å². The molecular weight excluding hydrogens is 361 g/mol. The van der Waals surface area contributed by atoms with Gasteiger partial charge < -0.3 is 15.4 Å². The molecule has 6 nitrogen and oxygen atoms in total. The van der Waals surface area contributed by atoms with Gasteiger partial charge in [-0.2, -0.15) is 0 Å². The molecule has 0 aromatic heterocycles. The first-order chi connectivity index (χ1) is 13.2. The van der Waals surface area contributed by atoms with Gasteiger partial charge in [-0.15, -0.1) is 0 Å². The Hall–Kier alpha value is -2.93. The molecule has 0 radical (unpaired) electrons. The standard InChI is InChI=1S/C21H26FN3O3/c1-13(2)20(26)23-17-11-10-14(28-5)12-18(17)24-21(27)19(25(3)4)15-8-6-7-9-16(15)22/h6-13,19H,1-5H3,(H,23,26)(H,24,27). The maximum absolute atomic E-state index is 14.3. The number of anilines is 2. The molecule has 0 spiro atoms. The molecule has 2 N–H and O–H groups in total. The van der Waals surface area contributed by atoms with Crippen molar-refractivity contribution in [2.24, 2.45) is 5.92 Å². The average Bonchev–Trinajstić information content (AvgIpc) is 2.64. The van der Waals surface area contributed by atoms with Gasteiger partial charge in [0.15, 0.2) is 0 Å². The molecule has 7 heteroatoms. The zero-order chi connectivity index (χ0) is 20.8. The van der Waals surface area contributed by atoms with E-state index in [-0.39, 0.29) is 17.4 Å². The number of benzene rings is 2. The van der Waals surface area contributed by atoms with Crippen LogP contribution in [0.1, 0.15) is 25.5 Å². The van der Waals surface area contributed by atoms with E-state index in [0.717, 1.165) is 0 Å². The minimum Gasteiger partial charge on any atom is -0.497 e. The lowest BCUT2D eigenvalue weighted by Crippen LogP contribution is -2.33. The van der Waals surface area contributed by atoms with Crippen LogP contribution in [0.4, 0.5) is 15.8 Å². The van der Waals surface area contributed by atoms with Gasteiger partial charge in [-0.3, -0.25) is 14.5 Å². The van der Waals surface area contributed by atoms with Crippen molar-refractivity contribution in [3.63, 3.8) is 0 Å². The van der Waals surface area contributed by atoms with Crippen molar-refractivity contribution in [2.45, 2.75) is 19.9 Å². The summed E-state index contributed by atoms with van der Waals surface area (Å²) >= 11 is 0. The molecule has 2 rings (SSSR count). The average molecular weight is 387 g/mol. The first kappa shape index (κ1) is 21.4. The van der Waals surface area contributed by atoms with E-state index >= 15 is 0 Å². The predicted molar refractivity (Wildman–Crippen MR) is 108 cm³/mol. The lowest BCUT2D eigenvalue weighted by Gasteiger charge is -2.25. The molecule has 150 valence electrons. The summed E-state index contributed by atoms with van der Waals surface area (Å²) in [4.78, 5) is 26.7. The van der Waals surface area contributed by atoms with Gasteiger partial charge in [0.05, 0.1) is 18.5 Å². The first-order valence-electron chi connectivity index (χ1n) is 8.95. The topological polar surface area (TPSA) is 70.7 Å². The number of methoxy groups -OCH3 is 1. The molecule has 0 bridgehead atoms. The van der Waals surface area contributed by atoms with Crippen LogP contribution >= 0.6 is 0 Å². The highest BCUT2D eigenvalue weighted by Crippen LogP contribution is 2.30. The number of ether oxygens (including phenoxy) is 1. The maximum atomic E-state index is 14.3. The fourth-order valence-corrected chi connectivity index (χ4v) is 2.69. The summed E-state index contributed by atoms with van der Waals surface area (Å²) in [6.07, 6.45) is 0. The summed E-state index contributed by atoms with van der Waals surface area (Å²) in [7, 11) is 4.91. The van der Waals surface area contributed by atoms with E-state index in [1.807, 2.05) is 0 Å². The molecular formula is C21H26FN3O3. The second-order valence-corrected chi connectivity index (χ2v) is 6.93. The van der Waals surface area contributed by atoms with Crippen LogP contribution in [0.5, 0.6) is 5.75 Å². The van der Waals surface area contributed by atoms with E-state index in [1.165, 1.54) is 13.2 Å². The van der Waals surface area contributed by atoms with Crippen LogP contribution in [-0.2, 0) is 9.59 Å². The van der Waals surface area contributed by atoms with Gasteiger partial charge in [-0.05, 0) is 32.3 Å². The van der Waals surface area contributed by atoms with Gasteiger partial charge in [0.1, 0.15) is 17.6 Å². The number of nitrogens with one attached hydrogen (secondary N) is 2. The Labute approximate surface area is 164 Å². The number of likely N-dealkylation sites (N-methyl/N-ethyl adjacent to an activating group) is 1. The molecule has 0 fully saturated rings. The maximum Gasteiger partial charge on any atom is 0.246 e. The number of carbonyl (C=O) groups excluding carboxylic acids is 2. The number of halogens is 1. The number of carbonyl (C=O) groups is 2. The predicted octanol–water partition coefficient (Wildman–Crippen LogP) is 3.67. The molecule has 1 unspecified atom stereocenters. The molecule has 0 aliphatic carbocycles. The monoisotopic (exact) mass is 387 g/mol.